The molecule has 1 N–H and O–H groups in total. The molecular weight excluding hydrogens is 244 g/mol. The molecule has 5 nitrogen and oxygen atoms in total. The minimum absolute atomic E-state index is 0.267. The first-order valence-corrected chi connectivity index (χ1v) is 6.37. The zero-order chi connectivity index (χ0) is 13.6. The number of aryl methyl sites for hydroxylation is 1. The van der Waals surface area contributed by atoms with Crippen molar-refractivity contribution in [3.05, 3.63) is 35.4 Å². The minimum Gasteiger partial charge on any atom is -0.363 e. The van der Waals surface area contributed by atoms with E-state index in [2.05, 4.69) is 11.2 Å². The van der Waals surface area contributed by atoms with Gasteiger partial charge < -0.3 is 10.0 Å². The van der Waals surface area contributed by atoms with Gasteiger partial charge in [0.25, 0.3) is 5.72 Å². The number of fused-ring (bicyclic) bond motifs is 3. The zero-order valence-electron chi connectivity index (χ0n) is 11.0. The predicted octanol–water partition coefficient (Wildman–Crippen LogP) is 1.73. The second-order valence-corrected chi connectivity index (χ2v) is 5.16. The summed E-state index contributed by atoms with van der Waals surface area (Å²) in [6.07, 6.45) is 1.57. The molecule has 0 saturated carbocycles. The lowest BCUT2D eigenvalue weighted by atomic mass is 9.85. The van der Waals surface area contributed by atoms with E-state index < -0.39 is 5.72 Å². The number of carbonyl (C=O) groups excluding carboxylic acids is 1. The second kappa shape index (κ2) is 4.15. The van der Waals surface area contributed by atoms with Gasteiger partial charge in [0.05, 0.1) is 6.04 Å². The molecule has 1 aromatic carbocycles. The molecule has 1 heterocycles. The maximum Gasteiger partial charge on any atom is 0.268 e. The Kier molecular flexibility index (Phi) is 2.69. The van der Waals surface area contributed by atoms with Crippen LogP contribution in [0.4, 0.5) is 0 Å². The number of carbonyl (C=O) groups is 1. The summed E-state index contributed by atoms with van der Waals surface area (Å²) in [5.74, 6) is -0.267. The molecule has 0 saturated heterocycles. The van der Waals surface area contributed by atoms with E-state index in [4.69, 9.17) is 4.84 Å². The molecule has 2 aliphatic rings. The number of Topliss-reactive ketones (excluding diaryl/α,β-unsaturated/α-hetero) is 1. The Morgan fingerprint density at radius 1 is 1.53 bits per heavy atom. The fraction of sp³-hybridized carbons (Fsp3) is 0.429. The van der Waals surface area contributed by atoms with Gasteiger partial charge in [-0.2, -0.15) is 0 Å². The SMILES string of the molecule is CC(=O)[C@]1(C)ON=C2c3ccccc3CC[C@@H]2N1O. The maximum atomic E-state index is 11.7. The summed E-state index contributed by atoms with van der Waals surface area (Å²) in [5, 5.41) is 15.4. The average molecular weight is 260 g/mol. The minimum atomic E-state index is -1.39. The van der Waals surface area contributed by atoms with Crippen LogP contribution in [0.15, 0.2) is 29.4 Å². The quantitative estimate of drug-likeness (QED) is 0.835. The first-order chi connectivity index (χ1) is 9.04. The summed E-state index contributed by atoms with van der Waals surface area (Å²) in [4.78, 5) is 16.9. The zero-order valence-corrected chi connectivity index (χ0v) is 11.0. The van der Waals surface area contributed by atoms with Crippen LogP contribution in [0, 0.1) is 0 Å². The van der Waals surface area contributed by atoms with Gasteiger partial charge in [-0.05, 0) is 18.4 Å². The Morgan fingerprint density at radius 2 is 2.26 bits per heavy atom. The van der Waals surface area contributed by atoms with E-state index in [1.54, 1.807) is 0 Å². The van der Waals surface area contributed by atoms with E-state index in [1.165, 1.54) is 19.4 Å². The largest absolute Gasteiger partial charge is 0.363 e. The molecule has 0 amide bonds. The fourth-order valence-corrected chi connectivity index (χ4v) is 2.65. The summed E-state index contributed by atoms with van der Waals surface area (Å²) in [6.45, 7) is 2.93. The van der Waals surface area contributed by atoms with Gasteiger partial charge in [-0.15, -0.1) is 5.06 Å². The van der Waals surface area contributed by atoms with Crippen LogP contribution in [0.5, 0.6) is 0 Å². The van der Waals surface area contributed by atoms with Crippen molar-refractivity contribution >= 4 is 11.5 Å². The summed E-state index contributed by atoms with van der Waals surface area (Å²) < 4.78 is 0. The average Bonchev–Trinajstić information content (AvgIpc) is 2.42. The Balaban J connectivity index is 2.06. The van der Waals surface area contributed by atoms with Gasteiger partial charge >= 0.3 is 0 Å². The van der Waals surface area contributed by atoms with E-state index in [1.807, 2.05) is 18.2 Å². The highest BCUT2D eigenvalue weighted by Gasteiger charge is 2.49. The molecule has 0 bridgehead atoms. The number of nitrogens with zero attached hydrogens (tertiary/aromatic N) is 2. The molecule has 2 atom stereocenters. The lowest BCUT2D eigenvalue weighted by Gasteiger charge is -2.43. The number of hydrogen-bond donors (Lipinski definition) is 1. The molecule has 0 spiro atoms. The number of hydroxylamine groups is 2. The summed E-state index contributed by atoms with van der Waals surface area (Å²) in [5.41, 5.74) is 1.49. The number of benzene rings is 1. The molecule has 0 radical (unpaired) electrons. The fourth-order valence-electron chi connectivity index (χ4n) is 2.65. The van der Waals surface area contributed by atoms with Crippen LogP contribution in [-0.2, 0) is 16.1 Å². The van der Waals surface area contributed by atoms with Gasteiger partial charge in [0, 0.05) is 19.4 Å². The van der Waals surface area contributed by atoms with Gasteiger partial charge in [-0.25, -0.2) is 0 Å². The van der Waals surface area contributed by atoms with Crippen molar-refractivity contribution in [2.75, 3.05) is 0 Å². The normalized spacial score (nSPS) is 29.8. The van der Waals surface area contributed by atoms with Crippen LogP contribution in [0.1, 0.15) is 31.4 Å². The Hall–Kier alpha value is -1.72. The maximum absolute atomic E-state index is 11.7. The Morgan fingerprint density at radius 3 is 3.00 bits per heavy atom. The Labute approximate surface area is 111 Å². The van der Waals surface area contributed by atoms with Gasteiger partial charge in [0.1, 0.15) is 5.71 Å². The Bertz CT molecular complexity index is 570. The highest BCUT2D eigenvalue weighted by atomic mass is 16.7. The number of oxime groups is 1. The molecule has 3 rings (SSSR count). The summed E-state index contributed by atoms with van der Waals surface area (Å²) >= 11 is 0. The highest BCUT2D eigenvalue weighted by Crippen LogP contribution is 2.33. The van der Waals surface area contributed by atoms with Gasteiger partial charge in [0.2, 0.25) is 0 Å². The van der Waals surface area contributed by atoms with Gasteiger partial charge in [-0.3, -0.25) is 4.79 Å². The van der Waals surface area contributed by atoms with Crippen molar-refractivity contribution in [2.45, 2.75) is 38.5 Å². The molecule has 5 heteroatoms. The third kappa shape index (κ3) is 1.69. The molecule has 0 aromatic heterocycles. The van der Waals surface area contributed by atoms with E-state index in [0.717, 1.165) is 23.5 Å². The molecule has 1 aromatic rings. The predicted molar refractivity (Wildman–Crippen MR) is 68.9 cm³/mol. The van der Waals surface area contributed by atoms with Crippen LogP contribution < -0.4 is 0 Å². The van der Waals surface area contributed by atoms with Crippen LogP contribution in [0.25, 0.3) is 0 Å². The molecule has 1 aliphatic carbocycles. The number of hydrogen-bond acceptors (Lipinski definition) is 5. The van der Waals surface area contributed by atoms with Crippen LogP contribution in [0.3, 0.4) is 0 Å². The first kappa shape index (κ1) is 12.3. The lowest BCUT2D eigenvalue weighted by molar-refractivity contribution is -0.280. The van der Waals surface area contributed by atoms with Crippen molar-refractivity contribution in [2.24, 2.45) is 5.16 Å². The number of ketones is 1. The molecule has 0 unspecified atom stereocenters. The van der Waals surface area contributed by atoms with Gasteiger partial charge in [-0.1, -0.05) is 29.4 Å². The topological polar surface area (TPSA) is 62.1 Å². The second-order valence-electron chi connectivity index (χ2n) is 5.16. The molecular formula is C14H16N2O3. The van der Waals surface area contributed by atoms with Crippen LogP contribution in [-0.4, -0.2) is 33.5 Å². The van der Waals surface area contributed by atoms with Gasteiger partial charge in [0.15, 0.2) is 5.78 Å². The smallest absolute Gasteiger partial charge is 0.268 e. The number of rotatable bonds is 1. The van der Waals surface area contributed by atoms with Crippen LogP contribution >= 0.6 is 0 Å². The summed E-state index contributed by atoms with van der Waals surface area (Å²) in [7, 11) is 0. The first-order valence-electron chi connectivity index (χ1n) is 6.37. The van der Waals surface area contributed by atoms with E-state index >= 15 is 0 Å². The van der Waals surface area contributed by atoms with Crippen molar-refractivity contribution in [1.82, 2.24) is 5.06 Å². The van der Waals surface area contributed by atoms with E-state index in [0.29, 0.717) is 5.71 Å². The molecule has 100 valence electrons. The van der Waals surface area contributed by atoms with Crippen molar-refractivity contribution in [1.29, 1.82) is 0 Å². The van der Waals surface area contributed by atoms with Crippen molar-refractivity contribution in [3.63, 3.8) is 0 Å². The van der Waals surface area contributed by atoms with E-state index in [9.17, 15) is 10.0 Å². The van der Waals surface area contributed by atoms with Crippen molar-refractivity contribution in [3.8, 4) is 0 Å². The molecule has 0 fully saturated rings. The monoisotopic (exact) mass is 260 g/mol. The standard InChI is InChI=1S/C14H16N2O3/c1-9(17)14(2)16(18)12-8-7-10-5-3-4-6-11(10)13(12)15-19-14/h3-6,12,18H,7-8H2,1-2H3/t12-,14-/m0/s1. The highest BCUT2D eigenvalue weighted by molar-refractivity contribution is 6.07. The summed E-state index contributed by atoms with van der Waals surface area (Å²) in [6, 6.07) is 7.64. The lowest BCUT2D eigenvalue weighted by Crippen LogP contribution is -2.61. The third-order valence-electron chi connectivity index (χ3n) is 4.00. The van der Waals surface area contributed by atoms with E-state index in [-0.39, 0.29) is 11.8 Å². The third-order valence-corrected chi connectivity index (χ3v) is 4.00. The van der Waals surface area contributed by atoms with Crippen molar-refractivity contribution < 1.29 is 14.8 Å². The van der Waals surface area contributed by atoms with Crippen LogP contribution in [0.2, 0.25) is 0 Å². The molecule has 1 aliphatic heterocycles. The molecule has 19 heavy (non-hydrogen) atoms.